The second kappa shape index (κ2) is 10.6. The molecule has 0 bridgehead atoms. The first-order valence-corrected chi connectivity index (χ1v) is 11.5. The summed E-state index contributed by atoms with van der Waals surface area (Å²) in [5.74, 6) is -0.752. The van der Waals surface area contributed by atoms with Crippen LogP contribution in [-0.2, 0) is 35.5 Å². The van der Waals surface area contributed by atoms with Gasteiger partial charge in [0.15, 0.2) is 6.61 Å². The van der Waals surface area contributed by atoms with Crippen LogP contribution in [0.2, 0.25) is 0 Å². The number of hydrogen-bond donors (Lipinski definition) is 1. The van der Waals surface area contributed by atoms with Crippen molar-refractivity contribution in [1.29, 1.82) is 0 Å². The summed E-state index contributed by atoms with van der Waals surface area (Å²) in [5.41, 5.74) is 0.998. The van der Waals surface area contributed by atoms with E-state index in [-0.39, 0.29) is 17.9 Å². The highest BCUT2D eigenvalue weighted by molar-refractivity contribution is 7.89. The van der Waals surface area contributed by atoms with Crippen LogP contribution >= 0.6 is 0 Å². The summed E-state index contributed by atoms with van der Waals surface area (Å²) in [5, 5.41) is 0. The quantitative estimate of drug-likeness (QED) is 0.570. The summed E-state index contributed by atoms with van der Waals surface area (Å²) in [6.45, 7) is 6.92. The van der Waals surface area contributed by atoms with Crippen LogP contribution in [0.25, 0.3) is 0 Å². The Bertz CT molecular complexity index is 1020. The molecule has 2 aromatic rings. The molecule has 9 heteroatoms. The average molecular weight is 464 g/mol. The topological polar surface area (TPSA) is 108 Å². The first kappa shape index (κ1) is 25.4. The molecule has 0 amide bonds. The number of carbonyl (C=O) groups is 2. The molecule has 0 heterocycles. The molecule has 174 valence electrons. The Labute approximate surface area is 188 Å². The first-order chi connectivity index (χ1) is 14.9. The standard InChI is InChI=1S/C23H29NO7S/c1-16-6-12-19(13-7-16)32(27,28)24-20(22(26)29-5)14-17-8-10-18(11-9-17)30-15-21(25)31-23(2,3)4/h6-13,20,24H,14-15H2,1-5H3/t20-/m0/s1. The van der Waals surface area contributed by atoms with Crippen molar-refractivity contribution in [1.82, 2.24) is 4.72 Å². The Balaban J connectivity index is 2.05. The molecule has 0 saturated carbocycles. The third-order valence-electron chi connectivity index (χ3n) is 4.25. The van der Waals surface area contributed by atoms with E-state index >= 15 is 0 Å². The number of aryl methyl sites for hydroxylation is 1. The van der Waals surface area contributed by atoms with E-state index in [1.165, 1.54) is 19.2 Å². The van der Waals surface area contributed by atoms with Crippen molar-refractivity contribution in [2.75, 3.05) is 13.7 Å². The fourth-order valence-electron chi connectivity index (χ4n) is 2.76. The highest BCUT2D eigenvalue weighted by atomic mass is 32.2. The van der Waals surface area contributed by atoms with Gasteiger partial charge in [-0.15, -0.1) is 0 Å². The van der Waals surface area contributed by atoms with E-state index in [1.54, 1.807) is 57.2 Å². The summed E-state index contributed by atoms with van der Waals surface area (Å²) in [4.78, 5) is 24.0. The van der Waals surface area contributed by atoms with Gasteiger partial charge < -0.3 is 14.2 Å². The monoisotopic (exact) mass is 463 g/mol. The molecular formula is C23H29NO7S. The fraction of sp³-hybridized carbons (Fsp3) is 0.391. The van der Waals surface area contributed by atoms with Crippen molar-refractivity contribution in [3.05, 3.63) is 59.7 Å². The molecule has 0 aliphatic carbocycles. The van der Waals surface area contributed by atoms with Crippen molar-refractivity contribution in [2.45, 2.75) is 50.7 Å². The van der Waals surface area contributed by atoms with E-state index < -0.39 is 33.6 Å². The molecule has 2 aromatic carbocycles. The number of sulfonamides is 1. The van der Waals surface area contributed by atoms with Crippen LogP contribution in [0.15, 0.2) is 53.4 Å². The lowest BCUT2D eigenvalue weighted by Crippen LogP contribution is -2.42. The molecule has 0 aliphatic heterocycles. The number of methoxy groups -OCH3 is 1. The normalized spacial score (nSPS) is 12.7. The molecular weight excluding hydrogens is 434 g/mol. The molecule has 0 spiro atoms. The smallest absolute Gasteiger partial charge is 0.344 e. The van der Waals surface area contributed by atoms with Gasteiger partial charge in [-0.2, -0.15) is 4.72 Å². The van der Waals surface area contributed by atoms with Gasteiger partial charge in [-0.25, -0.2) is 13.2 Å². The van der Waals surface area contributed by atoms with Gasteiger partial charge in [-0.05, 0) is 63.9 Å². The van der Waals surface area contributed by atoms with Gasteiger partial charge in [-0.1, -0.05) is 29.8 Å². The van der Waals surface area contributed by atoms with Crippen LogP contribution in [0.4, 0.5) is 0 Å². The SMILES string of the molecule is COC(=O)[C@H](Cc1ccc(OCC(=O)OC(C)(C)C)cc1)NS(=O)(=O)c1ccc(C)cc1. The summed E-state index contributed by atoms with van der Waals surface area (Å²) in [6.07, 6.45) is 0.0735. The van der Waals surface area contributed by atoms with E-state index in [0.717, 1.165) is 5.56 Å². The minimum atomic E-state index is -3.92. The van der Waals surface area contributed by atoms with E-state index in [4.69, 9.17) is 14.2 Å². The third-order valence-corrected chi connectivity index (χ3v) is 5.74. The van der Waals surface area contributed by atoms with Crippen molar-refractivity contribution in [2.24, 2.45) is 0 Å². The van der Waals surface area contributed by atoms with Crippen LogP contribution < -0.4 is 9.46 Å². The predicted molar refractivity (Wildman–Crippen MR) is 119 cm³/mol. The second-order valence-corrected chi connectivity index (χ2v) is 9.95. The minimum absolute atomic E-state index is 0.0582. The van der Waals surface area contributed by atoms with Gasteiger partial charge in [0.25, 0.3) is 0 Å². The Morgan fingerprint density at radius 2 is 1.59 bits per heavy atom. The van der Waals surface area contributed by atoms with Crippen molar-refractivity contribution < 1.29 is 32.2 Å². The van der Waals surface area contributed by atoms with Crippen molar-refractivity contribution >= 4 is 22.0 Å². The highest BCUT2D eigenvalue weighted by Crippen LogP contribution is 2.16. The lowest BCUT2D eigenvalue weighted by Gasteiger charge is -2.19. The maximum Gasteiger partial charge on any atom is 0.344 e. The van der Waals surface area contributed by atoms with Gasteiger partial charge >= 0.3 is 11.9 Å². The zero-order valence-electron chi connectivity index (χ0n) is 18.9. The zero-order valence-corrected chi connectivity index (χ0v) is 19.7. The number of benzene rings is 2. The fourth-order valence-corrected chi connectivity index (χ4v) is 3.94. The van der Waals surface area contributed by atoms with Crippen LogP contribution in [0, 0.1) is 6.92 Å². The summed E-state index contributed by atoms with van der Waals surface area (Å²) in [6, 6.07) is 11.8. The van der Waals surface area contributed by atoms with E-state index in [2.05, 4.69) is 4.72 Å². The van der Waals surface area contributed by atoms with Crippen LogP contribution in [0.5, 0.6) is 5.75 Å². The molecule has 1 atom stereocenters. The van der Waals surface area contributed by atoms with Gasteiger partial charge in [0.2, 0.25) is 10.0 Å². The molecule has 8 nitrogen and oxygen atoms in total. The third kappa shape index (κ3) is 7.97. The summed E-state index contributed by atoms with van der Waals surface area (Å²) < 4.78 is 43.1. The van der Waals surface area contributed by atoms with Gasteiger partial charge in [0.1, 0.15) is 17.4 Å². The van der Waals surface area contributed by atoms with E-state index in [0.29, 0.717) is 11.3 Å². The number of hydrogen-bond acceptors (Lipinski definition) is 7. The number of nitrogens with one attached hydrogen (secondary N) is 1. The molecule has 1 N–H and O–H groups in total. The Morgan fingerprint density at radius 3 is 2.12 bits per heavy atom. The van der Waals surface area contributed by atoms with Crippen LogP contribution in [-0.4, -0.2) is 45.7 Å². The molecule has 0 saturated heterocycles. The zero-order chi connectivity index (χ0) is 23.9. The van der Waals surface area contributed by atoms with Crippen LogP contribution in [0.3, 0.4) is 0 Å². The largest absolute Gasteiger partial charge is 0.482 e. The van der Waals surface area contributed by atoms with Crippen molar-refractivity contribution in [3.63, 3.8) is 0 Å². The lowest BCUT2D eigenvalue weighted by atomic mass is 10.1. The maximum atomic E-state index is 12.7. The molecule has 0 radical (unpaired) electrons. The predicted octanol–water partition coefficient (Wildman–Crippen LogP) is 2.78. The summed E-state index contributed by atoms with van der Waals surface area (Å²) >= 11 is 0. The molecule has 32 heavy (non-hydrogen) atoms. The molecule has 0 aliphatic rings. The number of ether oxygens (including phenoxy) is 3. The number of carbonyl (C=O) groups excluding carboxylic acids is 2. The second-order valence-electron chi connectivity index (χ2n) is 8.23. The molecule has 0 aromatic heterocycles. The van der Waals surface area contributed by atoms with Gasteiger partial charge in [-0.3, -0.25) is 4.79 Å². The Kier molecular flexibility index (Phi) is 8.40. The van der Waals surface area contributed by atoms with Crippen molar-refractivity contribution in [3.8, 4) is 5.75 Å². The molecule has 0 unspecified atom stereocenters. The van der Waals surface area contributed by atoms with E-state index in [9.17, 15) is 18.0 Å². The van der Waals surface area contributed by atoms with Gasteiger partial charge in [0.05, 0.1) is 12.0 Å². The Hall–Kier alpha value is -2.91. The first-order valence-electron chi connectivity index (χ1n) is 10.00. The minimum Gasteiger partial charge on any atom is -0.482 e. The van der Waals surface area contributed by atoms with Gasteiger partial charge in [0, 0.05) is 0 Å². The molecule has 2 rings (SSSR count). The van der Waals surface area contributed by atoms with Crippen LogP contribution in [0.1, 0.15) is 31.9 Å². The average Bonchev–Trinajstić information content (AvgIpc) is 2.71. The Morgan fingerprint density at radius 1 is 1.00 bits per heavy atom. The maximum absolute atomic E-state index is 12.7. The molecule has 0 fully saturated rings. The summed E-state index contributed by atoms with van der Waals surface area (Å²) in [7, 11) is -2.72. The highest BCUT2D eigenvalue weighted by Gasteiger charge is 2.27. The number of esters is 2. The number of rotatable bonds is 9. The lowest BCUT2D eigenvalue weighted by molar-refractivity contribution is -0.157. The van der Waals surface area contributed by atoms with E-state index in [1.807, 2.05) is 6.92 Å².